The molecule has 1 aliphatic carbocycles. The molecule has 0 fully saturated rings. The molecule has 0 heterocycles. The molecule has 2 heteroatoms. The number of aliphatic hydroxyl groups excluding tert-OH is 2. The summed E-state index contributed by atoms with van der Waals surface area (Å²) >= 11 is 0. The zero-order valence-electron chi connectivity index (χ0n) is 10.8. The van der Waals surface area contributed by atoms with Crippen molar-refractivity contribution in [2.45, 2.75) is 12.2 Å². The molecule has 0 amide bonds. The van der Waals surface area contributed by atoms with Gasteiger partial charge in [0.25, 0.3) is 0 Å². The molecule has 20 heavy (non-hydrogen) atoms. The summed E-state index contributed by atoms with van der Waals surface area (Å²) in [4.78, 5) is 0. The molecule has 2 N–H and O–H groups in total. The fourth-order valence-corrected chi connectivity index (χ4v) is 2.98. The van der Waals surface area contributed by atoms with E-state index in [2.05, 4.69) is 24.3 Å². The Balaban J connectivity index is 2.10. The molecule has 0 spiro atoms. The Morgan fingerprint density at radius 3 is 2.35 bits per heavy atom. The van der Waals surface area contributed by atoms with Gasteiger partial charge in [-0.3, -0.25) is 0 Å². The first-order valence-electron chi connectivity index (χ1n) is 6.74. The molecule has 3 aromatic carbocycles. The fourth-order valence-electron chi connectivity index (χ4n) is 2.98. The SMILES string of the molecule is O[C@@H]1C=Cc2c(ccc3cc4ccccc4cc23)[C@H]1O. The summed E-state index contributed by atoms with van der Waals surface area (Å²) in [6.07, 6.45) is 1.90. The van der Waals surface area contributed by atoms with Crippen LogP contribution in [0.25, 0.3) is 27.6 Å². The van der Waals surface area contributed by atoms with Gasteiger partial charge in [0.15, 0.2) is 0 Å². The van der Waals surface area contributed by atoms with E-state index in [4.69, 9.17) is 0 Å². The Kier molecular flexibility index (Phi) is 2.43. The molecule has 0 aromatic heterocycles. The maximum atomic E-state index is 10.1. The summed E-state index contributed by atoms with van der Waals surface area (Å²) in [5.41, 5.74) is 1.80. The van der Waals surface area contributed by atoms with Gasteiger partial charge in [-0.1, -0.05) is 48.6 Å². The smallest absolute Gasteiger partial charge is 0.109 e. The van der Waals surface area contributed by atoms with E-state index in [1.165, 1.54) is 10.8 Å². The highest BCUT2D eigenvalue weighted by atomic mass is 16.3. The van der Waals surface area contributed by atoms with Gasteiger partial charge in [-0.25, -0.2) is 0 Å². The molecule has 1 aliphatic rings. The van der Waals surface area contributed by atoms with Crippen LogP contribution in [0, 0.1) is 0 Å². The molecular weight excluding hydrogens is 248 g/mol. The molecular formula is C18H14O2. The van der Waals surface area contributed by atoms with Crippen molar-refractivity contribution in [2.24, 2.45) is 0 Å². The van der Waals surface area contributed by atoms with E-state index in [0.29, 0.717) is 0 Å². The molecule has 98 valence electrons. The van der Waals surface area contributed by atoms with Crippen LogP contribution in [0.1, 0.15) is 17.2 Å². The van der Waals surface area contributed by atoms with Gasteiger partial charge in [-0.2, -0.15) is 0 Å². The summed E-state index contributed by atoms with van der Waals surface area (Å²) in [5, 5.41) is 24.5. The van der Waals surface area contributed by atoms with E-state index in [1.807, 2.05) is 30.3 Å². The van der Waals surface area contributed by atoms with Crippen molar-refractivity contribution in [3.63, 3.8) is 0 Å². The van der Waals surface area contributed by atoms with Crippen molar-refractivity contribution in [3.8, 4) is 0 Å². The van der Waals surface area contributed by atoms with Crippen molar-refractivity contribution >= 4 is 27.6 Å². The van der Waals surface area contributed by atoms with Crippen LogP contribution >= 0.6 is 0 Å². The second-order valence-corrected chi connectivity index (χ2v) is 5.28. The predicted molar refractivity (Wildman–Crippen MR) is 81.5 cm³/mol. The molecule has 2 atom stereocenters. The van der Waals surface area contributed by atoms with Crippen molar-refractivity contribution in [2.75, 3.05) is 0 Å². The van der Waals surface area contributed by atoms with Crippen molar-refractivity contribution < 1.29 is 10.2 Å². The Morgan fingerprint density at radius 2 is 1.55 bits per heavy atom. The topological polar surface area (TPSA) is 40.5 Å². The van der Waals surface area contributed by atoms with Gasteiger partial charge >= 0.3 is 0 Å². The maximum Gasteiger partial charge on any atom is 0.109 e. The highest BCUT2D eigenvalue weighted by molar-refractivity contribution is 6.02. The lowest BCUT2D eigenvalue weighted by Gasteiger charge is -2.23. The van der Waals surface area contributed by atoms with Crippen LogP contribution in [0.4, 0.5) is 0 Å². The average Bonchev–Trinajstić information content (AvgIpc) is 2.48. The minimum atomic E-state index is -0.842. The lowest BCUT2D eigenvalue weighted by atomic mass is 9.88. The first-order valence-corrected chi connectivity index (χ1v) is 6.74. The lowest BCUT2D eigenvalue weighted by Crippen LogP contribution is -2.19. The van der Waals surface area contributed by atoms with E-state index in [1.54, 1.807) is 6.08 Å². The summed E-state index contributed by atoms with van der Waals surface area (Å²) in [6, 6.07) is 16.5. The molecule has 0 bridgehead atoms. The largest absolute Gasteiger partial charge is 0.386 e. The van der Waals surface area contributed by atoms with Gasteiger partial charge < -0.3 is 10.2 Å². The van der Waals surface area contributed by atoms with E-state index >= 15 is 0 Å². The van der Waals surface area contributed by atoms with Gasteiger partial charge in [0.1, 0.15) is 12.2 Å². The Morgan fingerprint density at radius 1 is 0.800 bits per heavy atom. The van der Waals surface area contributed by atoms with Crippen LogP contribution < -0.4 is 0 Å². The number of aliphatic hydroxyl groups is 2. The zero-order chi connectivity index (χ0) is 13.7. The van der Waals surface area contributed by atoms with Gasteiger partial charge in [-0.15, -0.1) is 0 Å². The lowest BCUT2D eigenvalue weighted by molar-refractivity contribution is 0.0471. The monoisotopic (exact) mass is 262 g/mol. The third-order valence-electron chi connectivity index (χ3n) is 4.06. The summed E-state index contributed by atoms with van der Waals surface area (Å²) in [6.45, 7) is 0. The maximum absolute atomic E-state index is 10.1. The highest BCUT2D eigenvalue weighted by Gasteiger charge is 2.23. The second kappa shape index (κ2) is 4.17. The first kappa shape index (κ1) is 11.6. The summed E-state index contributed by atoms with van der Waals surface area (Å²) < 4.78 is 0. The summed E-state index contributed by atoms with van der Waals surface area (Å²) in [5.74, 6) is 0. The van der Waals surface area contributed by atoms with E-state index in [9.17, 15) is 10.2 Å². The summed E-state index contributed by atoms with van der Waals surface area (Å²) in [7, 11) is 0. The van der Waals surface area contributed by atoms with Crippen LogP contribution in [0.5, 0.6) is 0 Å². The van der Waals surface area contributed by atoms with Crippen LogP contribution in [0.3, 0.4) is 0 Å². The van der Waals surface area contributed by atoms with Gasteiger partial charge in [-0.05, 0) is 44.8 Å². The number of hydrogen-bond donors (Lipinski definition) is 2. The standard InChI is InChI=1S/C18H14O2/c19-17-8-7-14-15(18(17)20)6-5-13-9-11-3-1-2-4-12(11)10-16(13)14/h1-10,17-20H/t17-,18-/m1/s1. The minimum absolute atomic E-state index is 0.794. The van der Waals surface area contributed by atoms with Gasteiger partial charge in [0.2, 0.25) is 0 Å². The van der Waals surface area contributed by atoms with Crippen molar-refractivity contribution in [3.05, 3.63) is 65.7 Å². The molecule has 3 aromatic rings. The van der Waals surface area contributed by atoms with Crippen molar-refractivity contribution in [1.29, 1.82) is 0 Å². The zero-order valence-corrected chi connectivity index (χ0v) is 10.8. The Bertz CT molecular complexity index is 849. The van der Waals surface area contributed by atoms with E-state index < -0.39 is 12.2 Å². The molecule has 2 nitrogen and oxygen atoms in total. The average molecular weight is 262 g/mol. The van der Waals surface area contributed by atoms with Crippen molar-refractivity contribution in [1.82, 2.24) is 0 Å². The Labute approximate surface area is 116 Å². The molecule has 0 unspecified atom stereocenters. The highest BCUT2D eigenvalue weighted by Crippen LogP contribution is 2.35. The minimum Gasteiger partial charge on any atom is -0.386 e. The molecule has 0 aliphatic heterocycles. The predicted octanol–water partition coefficient (Wildman–Crippen LogP) is 3.41. The van der Waals surface area contributed by atoms with Crippen LogP contribution in [0.15, 0.2) is 54.6 Å². The number of fused-ring (bicyclic) bond motifs is 4. The number of rotatable bonds is 0. The van der Waals surface area contributed by atoms with Gasteiger partial charge in [0, 0.05) is 0 Å². The van der Waals surface area contributed by atoms with Crippen LogP contribution in [-0.2, 0) is 0 Å². The Hall–Kier alpha value is -2.16. The molecule has 0 saturated carbocycles. The normalized spacial score (nSPS) is 21.3. The third kappa shape index (κ3) is 1.59. The molecule has 0 saturated heterocycles. The van der Waals surface area contributed by atoms with E-state index in [0.717, 1.165) is 21.9 Å². The fraction of sp³-hybridized carbons (Fsp3) is 0.111. The van der Waals surface area contributed by atoms with E-state index in [-0.39, 0.29) is 0 Å². The van der Waals surface area contributed by atoms with Gasteiger partial charge in [0.05, 0.1) is 0 Å². The number of benzene rings is 3. The number of hydrogen-bond acceptors (Lipinski definition) is 2. The molecule has 4 rings (SSSR count). The quantitative estimate of drug-likeness (QED) is 0.609. The van der Waals surface area contributed by atoms with Crippen LogP contribution in [-0.4, -0.2) is 16.3 Å². The third-order valence-corrected chi connectivity index (χ3v) is 4.06. The molecule has 0 radical (unpaired) electrons. The van der Waals surface area contributed by atoms with Crippen LogP contribution in [0.2, 0.25) is 0 Å². The first-order chi connectivity index (χ1) is 9.74. The second-order valence-electron chi connectivity index (χ2n) is 5.28.